The van der Waals surface area contributed by atoms with Gasteiger partial charge in [-0.05, 0) is 65.2 Å². The van der Waals surface area contributed by atoms with Gasteiger partial charge in [-0.2, -0.15) is 0 Å². The molecule has 1 saturated heterocycles. The van der Waals surface area contributed by atoms with Crippen molar-refractivity contribution in [1.82, 2.24) is 25.4 Å². The maximum absolute atomic E-state index is 16.0. The summed E-state index contributed by atoms with van der Waals surface area (Å²) in [7, 11) is 2.14. The minimum Gasteiger partial charge on any atom is -0.494 e. The molecule has 0 radical (unpaired) electrons. The smallest absolute Gasteiger partial charge is 0.323 e. The van der Waals surface area contributed by atoms with E-state index >= 15 is 4.39 Å². The number of nitrogens with zero attached hydrogens (tertiary/aromatic N) is 4. The van der Waals surface area contributed by atoms with Crippen LogP contribution in [0.3, 0.4) is 0 Å². The van der Waals surface area contributed by atoms with Gasteiger partial charge < -0.3 is 34.2 Å². The van der Waals surface area contributed by atoms with Crippen molar-refractivity contribution in [2.45, 2.75) is 32.2 Å². The van der Waals surface area contributed by atoms with E-state index in [-0.39, 0.29) is 30.5 Å². The number of ether oxygens (including phenoxy) is 3. The molecule has 12 nitrogen and oxygen atoms in total. The van der Waals surface area contributed by atoms with E-state index in [1.165, 1.54) is 0 Å². The van der Waals surface area contributed by atoms with Crippen molar-refractivity contribution in [3.8, 4) is 28.4 Å². The van der Waals surface area contributed by atoms with Crippen LogP contribution in [0.2, 0.25) is 5.02 Å². The van der Waals surface area contributed by atoms with Crippen molar-refractivity contribution in [2.24, 2.45) is 0 Å². The molecule has 3 N–H and O–H groups in total. The summed E-state index contributed by atoms with van der Waals surface area (Å²) >= 11 is 6.62. The molecule has 1 aromatic heterocycles. The van der Waals surface area contributed by atoms with E-state index < -0.39 is 24.4 Å². The first-order valence-electron chi connectivity index (χ1n) is 17.0. The van der Waals surface area contributed by atoms with Gasteiger partial charge in [0.05, 0.1) is 18.2 Å². The number of carbonyl (C=O) groups is 1. The van der Waals surface area contributed by atoms with Crippen LogP contribution in [0.1, 0.15) is 23.1 Å². The van der Waals surface area contributed by atoms with Crippen LogP contribution in [0, 0.1) is 5.82 Å². The summed E-state index contributed by atoms with van der Waals surface area (Å²) in [5, 5.41) is 29.5. The van der Waals surface area contributed by atoms with Gasteiger partial charge >= 0.3 is 5.97 Å². The molecule has 0 saturated carbocycles. The molecule has 52 heavy (non-hydrogen) atoms. The highest BCUT2D eigenvalue weighted by molar-refractivity contribution is 6.32. The summed E-state index contributed by atoms with van der Waals surface area (Å²) in [6, 6.07) is 19.9. The molecule has 14 heteroatoms. The molecule has 1 atom stereocenters. The van der Waals surface area contributed by atoms with Crippen molar-refractivity contribution in [1.29, 1.82) is 0 Å². The van der Waals surface area contributed by atoms with Crippen molar-refractivity contribution in [3.05, 3.63) is 100 Å². The molecule has 1 aliphatic heterocycles. The van der Waals surface area contributed by atoms with Crippen LogP contribution < -0.4 is 19.5 Å². The third-order valence-corrected chi connectivity index (χ3v) is 9.23. The van der Waals surface area contributed by atoms with Gasteiger partial charge in [-0.1, -0.05) is 48.0 Å². The van der Waals surface area contributed by atoms with Gasteiger partial charge in [-0.15, -0.1) is 0 Å². The van der Waals surface area contributed by atoms with Crippen molar-refractivity contribution >= 4 is 28.6 Å². The topological polar surface area (TPSA) is 143 Å². The van der Waals surface area contributed by atoms with Gasteiger partial charge in [0.15, 0.2) is 0 Å². The molecule has 1 aliphatic rings. The number of halogens is 2. The molecular weight excluding hydrogens is 693 g/mol. The second-order valence-corrected chi connectivity index (χ2v) is 13.1. The van der Waals surface area contributed by atoms with E-state index in [1.807, 2.05) is 30.3 Å². The predicted molar refractivity (Wildman–Crippen MR) is 193 cm³/mol. The molecule has 1 fully saturated rings. The molecule has 274 valence electrons. The number of carboxylic acids is 1. The van der Waals surface area contributed by atoms with Gasteiger partial charge in [0.2, 0.25) is 0 Å². The number of aliphatic carboxylic acids is 1. The Morgan fingerprint density at radius 2 is 1.73 bits per heavy atom. The van der Waals surface area contributed by atoms with E-state index in [9.17, 15) is 15.0 Å². The molecule has 6 rings (SSSR count). The molecule has 0 aliphatic carbocycles. The summed E-state index contributed by atoms with van der Waals surface area (Å²) in [5.41, 5.74) is 3.88. The van der Waals surface area contributed by atoms with Crippen molar-refractivity contribution in [3.63, 3.8) is 0 Å². The van der Waals surface area contributed by atoms with Crippen LogP contribution in [-0.4, -0.2) is 95.3 Å². The lowest BCUT2D eigenvalue weighted by Gasteiger charge is -2.32. The van der Waals surface area contributed by atoms with Crippen LogP contribution in [0.25, 0.3) is 22.2 Å². The number of benzene rings is 4. The Morgan fingerprint density at radius 1 is 0.942 bits per heavy atom. The molecule has 0 spiro atoms. The predicted octanol–water partition coefficient (Wildman–Crippen LogP) is 5.39. The number of hydrogen-bond acceptors (Lipinski definition) is 11. The van der Waals surface area contributed by atoms with Gasteiger partial charge in [0.1, 0.15) is 53.4 Å². The standard InChI is InChI=1S/C38H41ClFN5O7/c1-44-12-14-45(15-13-44)11-4-16-49-29-7-2-5-26(18-29)30-8-3-6-27(37(30)40)24-51-36-20-35(28(19-31(36)39)21-41-34(22-46)38(47)48)50-23-25-9-10-32-33(17-25)43-52-42-32/h2-3,5-10,17-20,34,41,46H,4,11-16,21-24H2,1H3,(H,47,48). The monoisotopic (exact) mass is 733 g/mol. The first-order valence-corrected chi connectivity index (χ1v) is 17.4. The lowest BCUT2D eigenvalue weighted by atomic mass is 10.0. The third-order valence-electron chi connectivity index (χ3n) is 8.94. The first kappa shape index (κ1) is 37.0. The lowest BCUT2D eigenvalue weighted by Crippen LogP contribution is -2.44. The second-order valence-electron chi connectivity index (χ2n) is 12.7. The zero-order valence-corrected chi connectivity index (χ0v) is 29.5. The summed E-state index contributed by atoms with van der Waals surface area (Å²) in [5.74, 6) is -0.361. The SMILES string of the molecule is CN1CCN(CCCOc2cccc(-c3cccc(COc4cc(OCc5ccc6nonc6c5)c(CNC(CO)C(=O)O)cc4Cl)c3F)c2)CC1. The molecule has 2 heterocycles. The van der Waals surface area contributed by atoms with Gasteiger partial charge in [-0.25, -0.2) is 9.02 Å². The largest absolute Gasteiger partial charge is 0.494 e. The fourth-order valence-corrected chi connectivity index (χ4v) is 6.11. The number of hydrogen-bond donors (Lipinski definition) is 3. The number of likely N-dealkylation sites (N-methyl/N-ethyl adjacent to an activating group) is 1. The average molecular weight is 734 g/mol. The van der Waals surface area contributed by atoms with Crippen LogP contribution in [-0.2, 0) is 24.6 Å². The third kappa shape index (κ3) is 9.55. The number of rotatable bonds is 17. The van der Waals surface area contributed by atoms with Gasteiger partial charge in [-0.3, -0.25) is 10.1 Å². The fraction of sp³-hybridized carbons (Fsp3) is 0.342. The normalized spacial score (nSPS) is 14.4. The van der Waals surface area contributed by atoms with E-state index in [0.29, 0.717) is 51.4 Å². The van der Waals surface area contributed by atoms with E-state index in [0.717, 1.165) is 44.7 Å². The summed E-state index contributed by atoms with van der Waals surface area (Å²) in [6.07, 6.45) is 0.906. The first-order chi connectivity index (χ1) is 25.3. The Labute approximate surface area is 305 Å². The Hall–Kier alpha value is -4.79. The molecule has 4 aromatic carbocycles. The molecule has 0 bridgehead atoms. The van der Waals surface area contributed by atoms with Crippen LogP contribution >= 0.6 is 11.6 Å². The maximum atomic E-state index is 16.0. The zero-order chi connectivity index (χ0) is 36.5. The minimum absolute atomic E-state index is 0.0226. The number of aromatic nitrogens is 2. The number of carboxylic acid groups (broad SMARTS) is 1. The van der Waals surface area contributed by atoms with Crippen LogP contribution in [0.5, 0.6) is 17.2 Å². The zero-order valence-electron chi connectivity index (χ0n) is 28.8. The van der Waals surface area contributed by atoms with Crippen molar-refractivity contribution < 1.29 is 38.2 Å². The lowest BCUT2D eigenvalue weighted by molar-refractivity contribution is -0.140. The number of aliphatic hydroxyl groups is 1. The Bertz CT molecular complexity index is 1970. The van der Waals surface area contributed by atoms with Gasteiger partial charge in [0, 0.05) is 62.0 Å². The fourth-order valence-electron chi connectivity index (χ4n) is 5.87. The quantitative estimate of drug-likeness (QED) is 0.106. The summed E-state index contributed by atoms with van der Waals surface area (Å²) < 4.78 is 39.0. The highest BCUT2D eigenvalue weighted by Gasteiger charge is 2.19. The van der Waals surface area contributed by atoms with E-state index in [2.05, 4.69) is 32.5 Å². The highest BCUT2D eigenvalue weighted by Crippen LogP contribution is 2.35. The van der Waals surface area contributed by atoms with E-state index in [4.69, 9.17) is 30.4 Å². The second kappa shape index (κ2) is 17.6. The summed E-state index contributed by atoms with van der Waals surface area (Å²) in [6.45, 7) is 5.25. The maximum Gasteiger partial charge on any atom is 0.323 e. The number of aliphatic hydroxyl groups excluding tert-OH is 1. The highest BCUT2D eigenvalue weighted by atomic mass is 35.5. The Kier molecular flexibility index (Phi) is 12.5. The Morgan fingerprint density at radius 3 is 2.54 bits per heavy atom. The molecular formula is C38H41ClFN5O7. The molecule has 0 amide bonds. The number of fused-ring (bicyclic) bond motifs is 1. The van der Waals surface area contributed by atoms with E-state index in [1.54, 1.807) is 42.5 Å². The average Bonchev–Trinajstić information content (AvgIpc) is 3.62. The van der Waals surface area contributed by atoms with Gasteiger partial charge in [0.25, 0.3) is 0 Å². The van der Waals surface area contributed by atoms with Crippen LogP contribution in [0.15, 0.2) is 77.4 Å². The number of nitrogens with one attached hydrogen (secondary N) is 1. The Balaban J connectivity index is 1.13. The van der Waals surface area contributed by atoms with Crippen molar-refractivity contribution in [2.75, 3.05) is 53.0 Å². The minimum atomic E-state index is -1.20. The number of piperazine rings is 1. The summed E-state index contributed by atoms with van der Waals surface area (Å²) in [4.78, 5) is 16.3. The van der Waals surface area contributed by atoms with Crippen LogP contribution in [0.4, 0.5) is 4.39 Å². The molecule has 1 unspecified atom stereocenters. The molecule has 5 aromatic rings.